The van der Waals surface area contributed by atoms with Crippen LogP contribution in [-0.4, -0.2) is 29.6 Å². The molecule has 0 atom stereocenters. The second kappa shape index (κ2) is 5.12. The summed E-state index contributed by atoms with van der Waals surface area (Å²) in [6.45, 7) is 1.92. The lowest BCUT2D eigenvalue weighted by Crippen LogP contribution is -1.95. The van der Waals surface area contributed by atoms with E-state index in [4.69, 9.17) is 4.52 Å². The number of hydrogen-bond donors (Lipinski definition) is 0. The number of imidazole rings is 1. The Bertz CT molecular complexity index is 776. The summed E-state index contributed by atoms with van der Waals surface area (Å²) in [5, 5.41) is 14.4. The van der Waals surface area contributed by atoms with Gasteiger partial charge >= 0.3 is 0 Å². The van der Waals surface area contributed by atoms with Gasteiger partial charge in [-0.3, -0.25) is 14.7 Å². The molecule has 3 rings (SSSR count). The van der Waals surface area contributed by atoms with Crippen LogP contribution in [-0.2, 0) is 6.42 Å². The van der Waals surface area contributed by atoms with Gasteiger partial charge < -0.3 is 4.52 Å². The normalized spacial score (nSPS) is 10.7. The maximum atomic E-state index is 10.6. The van der Waals surface area contributed by atoms with Crippen molar-refractivity contribution in [2.24, 2.45) is 0 Å². The minimum Gasteiger partial charge on any atom is -0.332 e. The number of nitro groups is 1. The van der Waals surface area contributed by atoms with Crippen molar-refractivity contribution in [3.63, 3.8) is 0 Å². The van der Waals surface area contributed by atoms with E-state index in [9.17, 15) is 10.1 Å². The van der Waals surface area contributed by atoms with E-state index < -0.39 is 4.92 Å². The maximum Gasteiger partial charge on any atom is 0.287 e. The molecule has 0 aliphatic heterocycles. The highest BCUT2D eigenvalue weighted by Crippen LogP contribution is 2.17. The SMILES string of the molecule is CCc1noc(-c2cn(-c3ccc([N+](=O)[O-])cn3)cn2)n1. The molecule has 0 aliphatic carbocycles. The highest BCUT2D eigenvalue weighted by atomic mass is 16.6. The van der Waals surface area contributed by atoms with Gasteiger partial charge in [0, 0.05) is 18.7 Å². The Balaban J connectivity index is 1.88. The molecule has 0 bridgehead atoms. The Labute approximate surface area is 118 Å². The molecule has 0 saturated carbocycles. The predicted octanol–water partition coefficient (Wildman–Crippen LogP) is 1.79. The van der Waals surface area contributed by atoms with E-state index in [0.717, 1.165) is 0 Å². The second-order valence-corrected chi connectivity index (χ2v) is 4.17. The van der Waals surface area contributed by atoms with Crippen molar-refractivity contribution in [1.82, 2.24) is 24.7 Å². The summed E-state index contributed by atoms with van der Waals surface area (Å²) >= 11 is 0. The van der Waals surface area contributed by atoms with Crippen molar-refractivity contribution in [2.45, 2.75) is 13.3 Å². The number of hydrogen-bond acceptors (Lipinski definition) is 7. The molecule has 0 aromatic carbocycles. The van der Waals surface area contributed by atoms with Gasteiger partial charge in [-0.05, 0) is 6.07 Å². The number of rotatable bonds is 4. The van der Waals surface area contributed by atoms with Gasteiger partial charge in [0.1, 0.15) is 24.0 Å². The van der Waals surface area contributed by atoms with Crippen LogP contribution in [0, 0.1) is 10.1 Å². The number of aromatic nitrogens is 5. The molecule has 0 unspecified atom stereocenters. The van der Waals surface area contributed by atoms with Gasteiger partial charge in [-0.15, -0.1) is 0 Å². The molecular formula is C12H10N6O3. The molecule has 0 saturated heterocycles. The summed E-state index contributed by atoms with van der Waals surface area (Å²) in [5.41, 5.74) is 0.450. The van der Waals surface area contributed by atoms with Crippen LogP contribution < -0.4 is 0 Å². The molecule has 9 heteroatoms. The van der Waals surface area contributed by atoms with E-state index in [1.165, 1.54) is 24.7 Å². The van der Waals surface area contributed by atoms with Crippen LogP contribution in [0.3, 0.4) is 0 Å². The largest absolute Gasteiger partial charge is 0.332 e. The molecular weight excluding hydrogens is 276 g/mol. The van der Waals surface area contributed by atoms with Crippen LogP contribution in [0.1, 0.15) is 12.7 Å². The van der Waals surface area contributed by atoms with Crippen molar-refractivity contribution in [1.29, 1.82) is 0 Å². The minimum atomic E-state index is -0.499. The summed E-state index contributed by atoms with van der Waals surface area (Å²) < 4.78 is 6.71. The minimum absolute atomic E-state index is 0.0661. The highest BCUT2D eigenvalue weighted by molar-refractivity contribution is 5.46. The molecule has 0 amide bonds. The molecule has 0 radical (unpaired) electrons. The lowest BCUT2D eigenvalue weighted by molar-refractivity contribution is -0.385. The third kappa shape index (κ3) is 2.48. The fourth-order valence-corrected chi connectivity index (χ4v) is 1.70. The van der Waals surface area contributed by atoms with Crippen molar-refractivity contribution >= 4 is 5.69 Å². The van der Waals surface area contributed by atoms with E-state index in [1.54, 1.807) is 10.8 Å². The highest BCUT2D eigenvalue weighted by Gasteiger charge is 2.12. The first-order valence-electron chi connectivity index (χ1n) is 6.15. The van der Waals surface area contributed by atoms with Gasteiger partial charge in [0.2, 0.25) is 0 Å². The lowest BCUT2D eigenvalue weighted by atomic mass is 10.4. The smallest absolute Gasteiger partial charge is 0.287 e. The topological polar surface area (TPSA) is 113 Å². The molecule has 21 heavy (non-hydrogen) atoms. The lowest BCUT2D eigenvalue weighted by Gasteiger charge is -1.98. The fraction of sp³-hybridized carbons (Fsp3) is 0.167. The van der Waals surface area contributed by atoms with Gasteiger partial charge in [0.25, 0.3) is 11.6 Å². The standard InChI is InChI=1S/C12H10N6O3/c1-2-10-15-12(21-16-10)9-6-17(7-14-9)11-4-3-8(5-13-11)18(19)20/h3-7H,2H2,1H3. The van der Waals surface area contributed by atoms with Crippen LogP contribution in [0.2, 0.25) is 0 Å². The van der Waals surface area contributed by atoms with Crippen molar-refractivity contribution in [2.75, 3.05) is 0 Å². The first-order chi connectivity index (χ1) is 10.2. The zero-order chi connectivity index (χ0) is 14.8. The summed E-state index contributed by atoms with van der Waals surface area (Å²) in [6.07, 6.45) is 5.06. The van der Waals surface area contributed by atoms with Crippen LogP contribution in [0.5, 0.6) is 0 Å². The average Bonchev–Trinajstić information content (AvgIpc) is 3.16. The zero-order valence-corrected chi connectivity index (χ0v) is 11.0. The molecule has 0 fully saturated rings. The third-order valence-corrected chi connectivity index (χ3v) is 2.79. The Morgan fingerprint density at radius 3 is 2.86 bits per heavy atom. The van der Waals surface area contributed by atoms with Crippen LogP contribution in [0.25, 0.3) is 17.4 Å². The molecule has 0 aliphatic rings. The Kier molecular flexibility index (Phi) is 3.14. The number of nitrogens with zero attached hydrogens (tertiary/aromatic N) is 6. The number of aryl methyl sites for hydroxylation is 1. The zero-order valence-electron chi connectivity index (χ0n) is 11.0. The summed E-state index contributed by atoms with van der Waals surface area (Å²) in [4.78, 5) is 22.4. The van der Waals surface area contributed by atoms with Crippen molar-refractivity contribution < 1.29 is 9.45 Å². The first-order valence-corrected chi connectivity index (χ1v) is 6.15. The third-order valence-electron chi connectivity index (χ3n) is 2.79. The maximum absolute atomic E-state index is 10.6. The van der Waals surface area contributed by atoms with E-state index in [1.807, 2.05) is 6.92 Å². The predicted molar refractivity (Wildman–Crippen MR) is 70.7 cm³/mol. The van der Waals surface area contributed by atoms with E-state index in [-0.39, 0.29) is 5.69 Å². The summed E-state index contributed by atoms with van der Waals surface area (Å²) in [5.74, 6) is 1.44. The molecule has 9 nitrogen and oxygen atoms in total. The molecule has 3 heterocycles. The van der Waals surface area contributed by atoms with Crippen molar-refractivity contribution in [3.8, 4) is 17.4 Å². The summed E-state index contributed by atoms with van der Waals surface area (Å²) in [6, 6.07) is 2.92. The van der Waals surface area contributed by atoms with E-state index in [0.29, 0.717) is 29.6 Å². The Morgan fingerprint density at radius 2 is 2.24 bits per heavy atom. The molecule has 3 aromatic heterocycles. The molecule has 0 N–H and O–H groups in total. The fourth-order valence-electron chi connectivity index (χ4n) is 1.70. The van der Waals surface area contributed by atoms with Gasteiger partial charge in [0.05, 0.1) is 4.92 Å². The molecule has 0 spiro atoms. The molecule has 106 valence electrons. The van der Waals surface area contributed by atoms with Crippen molar-refractivity contribution in [3.05, 3.63) is 46.8 Å². The van der Waals surface area contributed by atoms with Gasteiger partial charge in [-0.1, -0.05) is 12.1 Å². The van der Waals surface area contributed by atoms with Gasteiger partial charge in [-0.2, -0.15) is 4.98 Å². The Morgan fingerprint density at radius 1 is 1.38 bits per heavy atom. The molecule has 3 aromatic rings. The van der Waals surface area contributed by atoms with E-state index in [2.05, 4.69) is 20.1 Å². The van der Waals surface area contributed by atoms with E-state index >= 15 is 0 Å². The van der Waals surface area contributed by atoms with Crippen LogP contribution in [0.15, 0.2) is 35.4 Å². The second-order valence-electron chi connectivity index (χ2n) is 4.17. The quantitative estimate of drug-likeness (QED) is 0.530. The summed E-state index contributed by atoms with van der Waals surface area (Å²) in [7, 11) is 0. The monoisotopic (exact) mass is 286 g/mol. The Hall–Kier alpha value is -3.10. The van der Waals surface area contributed by atoms with Gasteiger partial charge in [0.15, 0.2) is 5.82 Å². The van der Waals surface area contributed by atoms with Crippen LogP contribution >= 0.6 is 0 Å². The van der Waals surface area contributed by atoms with Crippen LogP contribution in [0.4, 0.5) is 5.69 Å². The number of pyridine rings is 1. The average molecular weight is 286 g/mol. The van der Waals surface area contributed by atoms with Gasteiger partial charge in [-0.25, -0.2) is 9.97 Å². The first kappa shape index (κ1) is 12.9.